The lowest BCUT2D eigenvalue weighted by Crippen LogP contribution is -2.15. The number of carbonyl (C=O) groups is 1. The summed E-state index contributed by atoms with van der Waals surface area (Å²) in [5.74, 6) is 0.443. The minimum absolute atomic E-state index is 0.0388. The molecule has 6 nitrogen and oxygen atoms in total. The molecule has 128 valence electrons. The first-order valence-corrected chi connectivity index (χ1v) is 7.91. The van der Waals surface area contributed by atoms with Crippen molar-refractivity contribution in [3.63, 3.8) is 0 Å². The first-order valence-electron chi connectivity index (χ1n) is 7.91. The quantitative estimate of drug-likeness (QED) is 0.725. The van der Waals surface area contributed by atoms with E-state index in [9.17, 15) is 4.79 Å². The van der Waals surface area contributed by atoms with Crippen LogP contribution in [0.5, 0.6) is 5.75 Å². The number of aryl methyl sites for hydroxylation is 1. The normalized spacial score (nSPS) is 10.5. The van der Waals surface area contributed by atoms with E-state index in [-0.39, 0.29) is 19.1 Å². The van der Waals surface area contributed by atoms with Crippen molar-refractivity contribution < 1.29 is 14.6 Å². The molecular weight excluding hydrogens is 318 g/mol. The van der Waals surface area contributed by atoms with Crippen LogP contribution in [0.4, 0.5) is 5.69 Å². The van der Waals surface area contributed by atoms with Gasteiger partial charge in [-0.15, -0.1) is 0 Å². The number of nitrogens with zero attached hydrogens (tertiary/aromatic N) is 2. The van der Waals surface area contributed by atoms with Gasteiger partial charge in [-0.2, -0.15) is 0 Å². The van der Waals surface area contributed by atoms with Crippen molar-refractivity contribution >= 4 is 11.6 Å². The molecule has 1 aromatic heterocycles. The number of carbonyl (C=O) groups excluding carboxylic acids is 1. The maximum Gasteiger partial charge on any atom is 0.257 e. The molecule has 25 heavy (non-hydrogen) atoms. The largest absolute Gasteiger partial charge is 0.491 e. The molecule has 0 radical (unpaired) electrons. The monoisotopic (exact) mass is 337 g/mol. The van der Waals surface area contributed by atoms with E-state index in [1.165, 1.54) is 0 Å². The molecule has 0 saturated carbocycles. The fraction of sp³-hybridized carbons (Fsp3) is 0.158. The van der Waals surface area contributed by atoms with Crippen LogP contribution in [-0.4, -0.2) is 33.8 Å². The lowest BCUT2D eigenvalue weighted by Gasteiger charge is -2.12. The highest BCUT2D eigenvalue weighted by Crippen LogP contribution is 2.20. The van der Waals surface area contributed by atoms with Gasteiger partial charge >= 0.3 is 0 Å². The van der Waals surface area contributed by atoms with E-state index in [2.05, 4.69) is 10.3 Å². The van der Waals surface area contributed by atoms with Crippen LogP contribution < -0.4 is 10.1 Å². The number of rotatable bonds is 6. The van der Waals surface area contributed by atoms with Gasteiger partial charge in [-0.25, -0.2) is 4.98 Å². The molecule has 0 fully saturated rings. The molecule has 3 aromatic rings. The van der Waals surface area contributed by atoms with Crippen molar-refractivity contribution in [2.24, 2.45) is 0 Å². The highest BCUT2D eigenvalue weighted by Gasteiger charge is 2.13. The van der Waals surface area contributed by atoms with Gasteiger partial charge in [0.05, 0.1) is 24.2 Å². The fourth-order valence-corrected chi connectivity index (χ4v) is 2.45. The molecule has 0 aliphatic rings. The summed E-state index contributed by atoms with van der Waals surface area (Å²) in [6, 6.07) is 12.7. The number of nitrogens with one attached hydrogen (secondary N) is 1. The number of benzene rings is 2. The Bertz CT molecular complexity index is 843. The Hall–Kier alpha value is -3.12. The number of hydrogen-bond acceptors (Lipinski definition) is 4. The lowest BCUT2D eigenvalue weighted by atomic mass is 10.1. The van der Waals surface area contributed by atoms with Gasteiger partial charge in [-0.05, 0) is 43.3 Å². The number of ether oxygens (including phenoxy) is 1. The lowest BCUT2D eigenvalue weighted by molar-refractivity contribution is 0.102. The number of imidazole rings is 1. The molecule has 0 atom stereocenters. The van der Waals surface area contributed by atoms with E-state index in [0.717, 1.165) is 11.3 Å². The third-order valence-electron chi connectivity index (χ3n) is 3.65. The smallest absolute Gasteiger partial charge is 0.257 e. The molecule has 1 amide bonds. The molecule has 0 bridgehead atoms. The summed E-state index contributed by atoms with van der Waals surface area (Å²) in [6.07, 6.45) is 5.14. The number of anilines is 1. The predicted molar refractivity (Wildman–Crippen MR) is 95.3 cm³/mol. The van der Waals surface area contributed by atoms with Gasteiger partial charge in [0, 0.05) is 18.1 Å². The Kier molecular flexibility index (Phi) is 5.11. The summed E-state index contributed by atoms with van der Waals surface area (Å²) in [7, 11) is 0. The van der Waals surface area contributed by atoms with E-state index in [1.54, 1.807) is 47.6 Å². The van der Waals surface area contributed by atoms with Crippen molar-refractivity contribution in [2.45, 2.75) is 6.92 Å². The van der Waals surface area contributed by atoms with E-state index in [4.69, 9.17) is 9.84 Å². The SMILES string of the molecule is Cc1ccc(-n2ccnc2)c(C(=O)Nc2ccc(OCCO)cc2)c1. The van der Waals surface area contributed by atoms with E-state index in [1.807, 2.05) is 25.1 Å². The summed E-state index contributed by atoms with van der Waals surface area (Å²) in [5.41, 5.74) is 3.00. The predicted octanol–water partition coefficient (Wildman–Crippen LogP) is 2.80. The van der Waals surface area contributed by atoms with Crippen molar-refractivity contribution in [1.29, 1.82) is 0 Å². The summed E-state index contributed by atoms with van der Waals surface area (Å²) in [5, 5.41) is 11.7. The summed E-state index contributed by atoms with van der Waals surface area (Å²) < 4.78 is 7.12. The third kappa shape index (κ3) is 4.05. The minimum Gasteiger partial charge on any atom is -0.491 e. The summed E-state index contributed by atoms with van der Waals surface area (Å²) in [4.78, 5) is 16.8. The molecule has 0 aliphatic carbocycles. The van der Waals surface area contributed by atoms with Gasteiger partial charge in [0.15, 0.2) is 0 Å². The van der Waals surface area contributed by atoms with Gasteiger partial charge in [-0.1, -0.05) is 11.6 Å². The van der Waals surface area contributed by atoms with Crippen molar-refractivity contribution in [1.82, 2.24) is 9.55 Å². The molecule has 0 saturated heterocycles. The van der Waals surface area contributed by atoms with Gasteiger partial charge in [0.1, 0.15) is 12.4 Å². The Balaban J connectivity index is 1.80. The maximum atomic E-state index is 12.7. The van der Waals surface area contributed by atoms with Crippen LogP contribution in [-0.2, 0) is 0 Å². The Morgan fingerprint density at radius 2 is 2.04 bits per heavy atom. The molecule has 0 unspecified atom stereocenters. The Morgan fingerprint density at radius 1 is 1.24 bits per heavy atom. The van der Waals surface area contributed by atoms with E-state index in [0.29, 0.717) is 17.0 Å². The molecule has 1 heterocycles. The van der Waals surface area contributed by atoms with Crippen LogP contribution >= 0.6 is 0 Å². The van der Waals surface area contributed by atoms with Gasteiger partial charge < -0.3 is 19.7 Å². The number of aromatic nitrogens is 2. The minimum atomic E-state index is -0.198. The Morgan fingerprint density at radius 3 is 2.72 bits per heavy atom. The molecule has 2 aromatic carbocycles. The molecule has 3 rings (SSSR count). The van der Waals surface area contributed by atoms with E-state index >= 15 is 0 Å². The van der Waals surface area contributed by atoms with Crippen LogP contribution in [0, 0.1) is 6.92 Å². The zero-order chi connectivity index (χ0) is 17.6. The highest BCUT2D eigenvalue weighted by atomic mass is 16.5. The van der Waals surface area contributed by atoms with Gasteiger partial charge in [-0.3, -0.25) is 4.79 Å². The van der Waals surface area contributed by atoms with Gasteiger partial charge in [0.2, 0.25) is 0 Å². The number of amides is 1. The molecule has 2 N–H and O–H groups in total. The zero-order valence-corrected chi connectivity index (χ0v) is 13.8. The maximum absolute atomic E-state index is 12.7. The van der Waals surface area contributed by atoms with Crippen LogP contribution in [0.25, 0.3) is 5.69 Å². The first-order chi connectivity index (χ1) is 12.2. The van der Waals surface area contributed by atoms with Crippen molar-refractivity contribution in [3.05, 3.63) is 72.3 Å². The second kappa shape index (κ2) is 7.63. The zero-order valence-electron chi connectivity index (χ0n) is 13.8. The average Bonchev–Trinajstić information content (AvgIpc) is 3.15. The second-order valence-electron chi connectivity index (χ2n) is 5.54. The summed E-state index contributed by atoms with van der Waals surface area (Å²) >= 11 is 0. The van der Waals surface area contributed by atoms with Crippen LogP contribution in [0.3, 0.4) is 0 Å². The molecule has 6 heteroatoms. The standard InChI is InChI=1S/C19H19N3O3/c1-14-2-7-18(22-9-8-20-13-22)17(12-14)19(24)21-15-3-5-16(6-4-15)25-11-10-23/h2-9,12-13,23H,10-11H2,1H3,(H,21,24). The number of hydrogen-bond donors (Lipinski definition) is 2. The number of aliphatic hydroxyl groups is 1. The highest BCUT2D eigenvalue weighted by molar-refractivity contribution is 6.06. The van der Waals surface area contributed by atoms with Gasteiger partial charge in [0.25, 0.3) is 5.91 Å². The van der Waals surface area contributed by atoms with E-state index < -0.39 is 0 Å². The average molecular weight is 337 g/mol. The van der Waals surface area contributed by atoms with Crippen LogP contribution in [0.2, 0.25) is 0 Å². The van der Waals surface area contributed by atoms with Crippen LogP contribution in [0.1, 0.15) is 15.9 Å². The van der Waals surface area contributed by atoms with Crippen LogP contribution in [0.15, 0.2) is 61.2 Å². The summed E-state index contributed by atoms with van der Waals surface area (Å²) in [6.45, 7) is 2.15. The third-order valence-corrected chi connectivity index (χ3v) is 3.65. The topological polar surface area (TPSA) is 76.4 Å². The van der Waals surface area contributed by atoms with Crippen molar-refractivity contribution in [2.75, 3.05) is 18.5 Å². The Labute approximate surface area is 145 Å². The molecule has 0 spiro atoms. The first kappa shape index (κ1) is 16.7. The van der Waals surface area contributed by atoms with Crippen molar-refractivity contribution in [3.8, 4) is 11.4 Å². The molecule has 0 aliphatic heterocycles. The molecular formula is C19H19N3O3. The second-order valence-corrected chi connectivity index (χ2v) is 5.54. The fourth-order valence-electron chi connectivity index (χ4n) is 2.45. The number of aliphatic hydroxyl groups excluding tert-OH is 1.